The van der Waals surface area contributed by atoms with Gasteiger partial charge in [0.25, 0.3) is 5.91 Å². The van der Waals surface area contributed by atoms with Gasteiger partial charge in [-0.1, -0.05) is 18.2 Å². The van der Waals surface area contributed by atoms with Gasteiger partial charge in [0.1, 0.15) is 5.69 Å². The van der Waals surface area contributed by atoms with Crippen LogP contribution in [0.1, 0.15) is 55.7 Å². The Hall–Kier alpha value is -3.94. The van der Waals surface area contributed by atoms with E-state index in [0.717, 1.165) is 24.2 Å². The first-order valence-corrected chi connectivity index (χ1v) is 9.78. The molecule has 31 heavy (non-hydrogen) atoms. The number of hydrogen-bond acceptors (Lipinski definition) is 6. The van der Waals surface area contributed by atoms with E-state index in [1.54, 1.807) is 10.7 Å². The molecule has 8 nitrogen and oxygen atoms in total. The molecular formula is C23H21N3O5. The smallest absolute Gasteiger partial charge is 0.337 e. The number of benzene rings is 2. The normalized spacial score (nSPS) is 12.8. The van der Waals surface area contributed by atoms with Gasteiger partial charge in [0, 0.05) is 11.6 Å². The summed E-state index contributed by atoms with van der Waals surface area (Å²) in [6, 6.07) is 15.4. The van der Waals surface area contributed by atoms with Gasteiger partial charge in [0.2, 0.25) is 0 Å². The lowest BCUT2D eigenvalue weighted by atomic mass is 10.1. The van der Waals surface area contributed by atoms with E-state index < -0.39 is 17.8 Å². The van der Waals surface area contributed by atoms with E-state index in [0.29, 0.717) is 11.6 Å². The summed E-state index contributed by atoms with van der Waals surface area (Å²) in [6.45, 7) is 0. The van der Waals surface area contributed by atoms with Crippen molar-refractivity contribution in [1.29, 1.82) is 0 Å². The zero-order valence-electron chi connectivity index (χ0n) is 17.1. The molecule has 1 N–H and O–H groups in total. The van der Waals surface area contributed by atoms with Gasteiger partial charge in [-0.3, -0.25) is 4.79 Å². The van der Waals surface area contributed by atoms with E-state index in [9.17, 15) is 14.4 Å². The molecule has 2 aromatic carbocycles. The number of nitrogens with zero attached hydrogens (tertiary/aromatic N) is 2. The fourth-order valence-electron chi connectivity index (χ4n) is 3.27. The predicted octanol–water partition coefficient (Wildman–Crippen LogP) is 3.58. The number of carbonyl (C=O) groups is 3. The second-order valence-corrected chi connectivity index (χ2v) is 7.21. The number of rotatable bonds is 6. The minimum Gasteiger partial charge on any atom is -0.465 e. The molecular weight excluding hydrogens is 398 g/mol. The van der Waals surface area contributed by atoms with Crippen LogP contribution in [0.4, 0.5) is 5.69 Å². The van der Waals surface area contributed by atoms with E-state index in [1.165, 1.54) is 32.4 Å². The first-order valence-electron chi connectivity index (χ1n) is 9.78. The number of ether oxygens (including phenoxy) is 2. The molecule has 1 fully saturated rings. The SMILES string of the molecule is COC(=O)c1cc(NC(=O)c2cc(C3CC3)nn2-c2ccccc2)cc(C(=O)OC)c1. The number of aromatic nitrogens is 2. The molecule has 1 amide bonds. The topological polar surface area (TPSA) is 99.5 Å². The summed E-state index contributed by atoms with van der Waals surface area (Å²) in [7, 11) is 2.48. The van der Waals surface area contributed by atoms with Crippen molar-refractivity contribution in [3.05, 3.63) is 77.1 Å². The maximum Gasteiger partial charge on any atom is 0.337 e. The van der Waals surface area contributed by atoms with Crippen LogP contribution in [0.2, 0.25) is 0 Å². The second kappa shape index (κ2) is 8.43. The number of para-hydroxylation sites is 1. The number of methoxy groups -OCH3 is 2. The van der Waals surface area contributed by atoms with Crippen LogP contribution in [-0.4, -0.2) is 41.8 Å². The minimum absolute atomic E-state index is 0.121. The summed E-state index contributed by atoms with van der Waals surface area (Å²) in [6.07, 6.45) is 2.10. The Morgan fingerprint density at radius 1 is 0.935 bits per heavy atom. The van der Waals surface area contributed by atoms with Crippen LogP contribution >= 0.6 is 0 Å². The largest absolute Gasteiger partial charge is 0.465 e. The summed E-state index contributed by atoms with van der Waals surface area (Å²) < 4.78 is 11.1. The summed E-state index contributed by atoms with van der Waals surface area (Å²) in [5.74, 6) is -1.32. The lowest BCUT2D eigenvalue weighted by Gasteiger charge is -2.11. The fraction of sp³-hybridized carbons (Fsp3) is 0.217. The van der Waals surface area contributed by atoms with Gasteiger partial charge in [-0.15, -0.1) is 0 Å². The van der Waals surface area contributed by atoms with E-state index >= 15 is 0 Å². The summed E-state index contributed by atoms with van der Waals surface area (Å²) in [5.41, 5.74) is 2.50. The van der Waals surface area contributed by atoms with Crippen LogP contribution < -0.4 is 5.32 Å². The zero-order valence-corrected chi connectivity index (χ0v) is 17.1. The average Bonchev–Trinajstić information content (AvgIpc) is 3.56. The number of carbonyl (C=O) groups excluding carboxylic acids is 3. The van der Waals surface area contributed by atoms with Crippen LogP contribution in [-0.2, 0) is 9.47 Å². The Kier molecular flexibility index (Phi) is 5.53. The Morgan fingerprint density at radius 2 is 1.55 bits per heavy atom. The minimum atomic E-state index is -0.633. The van der Waals surface area contributed by atoms with Crippen molar-refractivity contribution in [3.8, 4) is 5.69 Å². The number of nitrogens with one attached hydrogen (secondary N) is 1. The maximum atomic E-state index is 13.2. The van der Waals surface area contributed by atoms with Crippen molar-refractivity contribution < 1.29 is 23.9 Å². The van der Waals surface area contributed by atoms with E-state index in [4.69, 9.17) is 9.47 Å². The van der Waals surface area contributed by atoms with Gasteiger partial charge >= 0.3 is 11.9 Å². The van der Waals surface area contributed by atoms with Crippen LogP contribution in [0.3, 0.4) is 0 Å². The third kappa shape index (κ3) is 4.32. The number of amides is 1. The van der Waals surface area contributed by atoms with Gasteiger partial charge in [0.15, 0.2) is 0 Å². The van der Waals surface area contributed by atoms with Gasteiger partial charge in [-0.05, 0) is 49.2 Å². The van der Waals surface area contributed by atoms with Crippen molar-refractivity contribution in [3.63, 3.8) is 0 Å². The summed E-state index contributed by atoms with van der Waals surface area (Å²) in [5, 5.41) is 7.40. The van der Waals surface area contributed by atoms with Crippen LogP contribution in [0.5, 0.6) is 0 Å². The maximum absolute atomic E-state index is 13.2. The molecule has 1 heterocycles. The highest BCUT2D eigenvalue weighted by molar-refractivity contribution is 6.05. The van der Waals surface area contributed by atoms with E-state index in [2.05, 4.69) is 10.4 Å². The third-order valence-corrected chi connectivity index (χ3v) is 4.99. The van der Waals surface area contributed by atoms with Crippen LogP contribution in [0.15, 0.2) is 54.6 Å². The standard InChI is InChI=1S/C23H21N3O5/c1-30-22(28)15-10-16(23(29)31-2)12-17(11-15)24-21(27)20-13-19(14-8-9-14)25-26(20)18-6-4-3-5-7-18/h3-7,10-14H,8-9H2,1-2H3,(H,24,27). The second-order valence-electron chi connectivity index (χ2n) is 7.21. The zero-order chi connectivity index (χ0) is 22.0. The third-order valence-electron chi connectivity index (χ3n) is 4.99. The molecule has 4 rings (SSSR count). The van der Waals surface area contributed by atoms with Crippen molar-refractivity contribution in [2.24, 2.45) is 0 Å². The summed E-state index contributed by atoms with van der Waals surface area (Å²) in [4.78, 5) is 37.2. The van der Waals surface area contributed by atoms with Crippen molar-refractivity contribution in [2.45, 2.75) is 18.8 Å². The van der Waals surface area contributed by atoms with Crippen LogP contribution in [0.25, 0.3) is 5.69 Å². The van der Waals surface area contributed by atoms with Crippen molar-refractivity contribution in [2.75, 3.05) is 19.5 Å². The van der Waals surface area contributed by atoms with Crippen molar-refractivity contribution in [1.82, 2.24) is 9.78 Å². The predicted molar refractivity (Wildman–Crippen MR) is 113 cm³/mol. The molecule has 0 bridgehead atoms. The quantitative estimate of drug-likeness (QED) is 0.613. The molecule has 1 aliphatic carbocycles. The highest BCUT2D eigenvalue weighted by Crippen LogP contribution is 2.39. The molecule has 1 aromatic heterocycles. The Bertz CT molecular complexity index is 1120. The molecule has 0 aliphatic heterocycles. The highest BCUT2D eigenvalue weighted by Gasteiger charge is 2.29. The number of anilines is 1. The van der Waals surface area contributed by atoms with Gasteiger partial charge in [-0.25, -0.2) is 14.3 Å². The molecule has 0 saturated heterocycles. The Labute approximate surface area is 178 Å². The highest BCUT2D eigenvalue weighted by atomic mass is 16.5. The monoisotopic (exact) mass is 419 g/mol. The Morgan fingerprint density at radius 3 is 2.10 bits per heavy atom. The molecule has 3 aromatic rings. The van der Waals surface area contributed by atoms with E-state index in [-0.39, 0.29) is 16.8 Å². The number of esters is 2. The molecule has 158 valence electrons. The molecule has 0 spiro atoms. The molecule has 0 radical (unpaired) electrons. The molecule has 1 aliphatic rings. The molecule has 8 heteroatoms. The average molecular weight is 419 g/mol. The first-order chi connectivity index (χ1) is 15.0. The molecule has 0 atom stereocenters. The van der Waals surface area contributed by atoms with E-state index in [1.807, 2.05) is 30.3 Å². The molecule has 1 saturated carbocycles. The van der Waals surface area contributed by atoms with Crippen molar-refractivity contribution >= 4 is 23.5 Å². The summed E-state index contributed by atoms with van der Waals surface area (Å²) >= 11 is 0. The Balaban J connectivity index is 1.70. The van der Waals surface area contributed by atoms with Crippen LogP contribution in [0, 0.1) is 0 Å². The lowest BCUT2D eigenvalue weighted by Crippen LogP contribution is -2.18. The number of hydrogen-bond donors (Lipinski definition) is 1. The first kappa shape index (κ1) is 20.3. The lowest BCUT2D eigenvalue weighted by molar-refractivity contribution is 0.0599. The van der Waals surface area contributed by atoms with Gasteiger partial charge < -0.3 is 14.8 Å². The van der Waals surface area contributed by atoms with Gasteiger partial charge in [-0.2, -0.15) is 5.10 Å². The van der Waals surface area contributed by atoms with Gasteiger partial charge in [0.05, 0.1) is 36.7 Å². The fourth-order valence-corrected chi connectivity index (χ4v) is 3.27. The molecule has 0 unspecified atom stereocenters.